The zero-order valence-corrected chi connectivity index (χ0v) is 11.0. The SMILES string of the molecule is COc1c(N)ncnc1NC1CCCC1SC. The molecule has 1 aromatic rings. The first-order valence-corrected chi connectivity index (χ1v) is 6.99. The number of thioether (sulfide) groups is 1. The highest BCUT2D eigenvalue weighted by atomic mass is 32.2. The molecule has 2 atom stereocenters. The van der Waals surface area contributed by atoms with E-state index in [0.29, 0.717) is 28.7 Å². The van der Waals surface area contributed by atoms with Gasteiger partial charge >= 0.3 is 0 Å². The fourth-order valence-electron chi connectivity index (χ4n) is 2.24. The Morgan fingerprint density at radius 1 is 1.47 bits per heavy atom. The van der Waals surface area contributed by atoms with Crippen LogP contribution in [0.15, 0.2) is 6.33 Å². The van der Waals surface area contributed by atoms with Crippen molar-refractivity contribution in [3.63, 3.8) is 0 Å². The maximum Gasteiger partial charge on any atom is 0.203 e. The molecule has 2 unspecified atom stereocenters. The average molecular weight is 254 g/mol. The number of hydrogen-bond donors (Lipinski definition) is 2. The van der Waals surface area contributed by atoms with Crippen LogP contribution in [0.2, 0.25) is 0 Å². The van der Waals surface area contributed by atoms with Crippen molar-refractivity contribution >= 4 is 23.4 Å². The third kappa shape index (κ3) is 2.57. The molecule has 1 aromatic heterocycles. The van der Waals surface area contributed by atoms with Crippen molar-refractivity contribution in [3.05, 3.63) is 6.33 Å². The molecule has 0 aromatic carbocycles. The summed E-state index contributed by atoms with van der Waals surface area (Å²) in [7, 11) is 1.58. The minimum absolute atomic E-state index is 0.378. The van der Waals surface area contributed by atoms with Gasteiger partial charge in [-0.2, -0.15) is 11.8 Å². The molecule has 1 saturated carbocycles. The zero-order chi connectivity index (χ0) is 12.3. The normalized spacial score (nSPS) is 23.6. The standard InChI is InChI=1S/C11H18N4OS/c1-16-9-10(12)13-6-14-11(9)15-7-4-3-5-8(7)17-2/h6-8H,3-5H2,1-2H3,(H3,12,13,14,15). The van der Waals surface area contributed by atoms with Crippen LogP contribution in [0.25, 0.3) is 0 Å². The van der Waals surface area contributed by atoms with Gasteiger partial charge in [-0.25, -0.2) is 9.97 Å². The van der Waals surface area contributed by atoms with Crippen LogP contribution in [-0.4, -0.2) is 34.6 Å². The summed E-state index contributed by atoms with van der Waals surface area (Å²) in [6.07, 6.45) is 7.28. The maximum atomic E-state index is 5.75. The lowest BCUT2D eigenvalue weighted by molar-refractivity contribution is 0.414. The van der Waals surface area contributed by atoms with Crippen molar-refractivity contribution in [2.75, 3.05) is 24.4 Å². The minimum atomic E-state index is 0.378. The Morgan fingerprint density at radius 2 is 2.29 bits per heavy atom. The number of aromatic nitrogens is 2. The van der Waals surface area contributed by atoms with E-state index in [0.717, 1.165) is 0 Å². The lowest BCUT2D eigenvalue weighted by atomic mass is 10.2. The Labute approximate surface area is 106 Å². The summed E-state index contributed by atoms with van der Waals surface area (Å²) in [5.74, 6) is 1.62. The molecule has 0 radical (unpaired) electrons. The molecule has 94 valence electrons. The Hall–Kier alpha value is -1.17. The van der Waals surface area contributed by atoms with E-state index in [1.54, 1.807) is 7.11 Å². The predicted molar refractivity (Wildman–Crippen MR) is 71.6 cm³/mol. The first-order valence-electron chi connectivity index (χ1n) is 5.70. The van der Waals surface area contributed by atoms with Gasteiger partial charge in [0.15, 0.2) is 11.6 Å². The number of nitrogens with two attached hydrogens (primary N) is 1. The smallest absolute Gasteiger partial charge is 0.203 e. The van der Waals surface area contributed by atoms with Crippen LogP contribution in [0.1, 0.15) is 19.3 Å². The summed E-state index contributed by atoms with van der Waals surface area (Å²) in [4.78, 5) is 8.13. The number of rotatable bonds is 4. The highest BCUT2D eigenvalue weighted by molar-refractivity contribution is 7.99. The molecular formula is C11H18N4OS. The highest BCUT2D eigenvalue weighted by Crippen LogP contribution is 2.33. The first kappa shape index (κ1) is 12.3. The van der Waals surface area contributed by atoms with E-state index in [-0.39, 0.29) is 0 Å². The van der Waals surface area contributed by atoms with Gasteiger partial charge in [0.25, 0.3) is 0 Å². The Kier molecular flexibility index (Phi) is 3.93. The topological polar surface area (TPSA) is 73.1 Å². The van der Waals surface area contributed by atoms with E-state index in [1.807, 2.05) is 11.8 Å². The van der Waals surface area contributed by atoms with E-state index in [4.69, 9.17) is 10.5 Å². The van der Waals surface area contributed by atoms with Gasteiger partial charge in [-0.15, -0.1) is 0 Å². The van der Waals surface area contributed by atoms with Crippen molar-refractivity contribution in [3.8, 4) is 5.75 Å². The van der Waals surface area contributed by atoms with Crippen LogP contribution in [0.3, 0.4) is 0 Å². The molecule has 0 saturated heterocycles. The van der Waals surface area contributed by atoms with Gasteiger partial charge in [-0.3, -0.25) is 0 Å². The van der Waals surface area contributed by atoms with Crippen LogP contribution in [0.5, 0.6) is 5.75 Å². The van der Waals surface area contributed by atoms with Crippen LogP contribution < -0.4 is 15.8 Å². The summed E-state index contributed by atoms with van der Waals surface area (Å²) >= 11 is 1.90. The van der Waals surface area contributed by atoms with Crippen LogP contribution >= 0.6 is 11.8 Å². The van der Waals surface area contributed by atoms with Gasteiger partial charge in [-0.1, -0.05) is 6.42 Å². The van der Waals surface area contributed by atoms with Gasteiger partial charge < -0.3 is 15.8 Å². The minimum Gasteiger partial charge on any atom is -0.490 e. The Bertz CT molecular complexity index is 388. The van der Waals surface area contributed by atoms with Crippen LogP contribution in [0, 0.1) is 0 Å². The largest absolute Gasteiger partial charge is 0.490 e. The van der Waals surface area contributed by atoms with Crippen molar-refractivity contribution in [1.29, 1.82) is 0 Å². The number of nitrogens with zero attached hydrogens (tertiary/aromatic N) is 2. The highest BCUT2D eigenvalue weighted by Gasteiger charge is 2.27. The van der Waals surface area contributed by atoms with Gasteiger partial charge in [0, 0.05) is 11.3 Å². The Morgan fingerprint density at radius 3 is 3.00 bits per heavy atom. The van der Waals surface area contributed by atoms with E-state index in [9.17, 15) is 0 Å². The van der Waals surface area contributed by atoms with Gasteiger partial charge in [-0.05, 0) is 19.1 Å². The van der Waals surface area contributed by atoms with Gasteiger partial charge in [0.05, 0.1) is 7.11 Å². The molecule has 3 N–H and O–H groups in total. The first-order chi connectivity index (χ1) is 8.26. The lowest BCUT2D eigenvalue weighted by Crippen LogP contribution is -2.26. The number of ether oxygens (including phenoxy) is 1. The number of hydrogen-bond acceptors (Lipinski definition) is 6. The molecule has 0 amide bonds. The fraction of sp³-hybridized carbons (Fsp3) is 0.636. The second-order valence-electron chi connectivity index (χ2n) is 4.10. The quantitative estimate of drug-likeness (QED) is 0.853. The monoisotopic (exact) mass is 254 g/mol. The molecule has 0 spiro atoms. The third-order valence-electron chi connectivity index (χ3n) is 3.11. The molecule has 1 aliphatic carbocycles. The number of anilines is 2. The van der Waals surface area contributed by atoms with Crippen LogP contribution in [0.4, 0.5) is 11.6 Å². The van der Waals surface area contributed by atoms with E-state index >= 15 is 0 Å². The average Bonchev–Trinajstić information content (AvgIpc) is 2.77. The van der Waals surface area contributed by atoms with Crippen molar-refractivity contribution in [2.24, 2.45) is 0 Å². The molecule has 2 rings (SSSR count). The molecule has 5 nitrogen and oxygen atoms in total. The fourth-order valence-corrected chi connectivity index (χ4v) is 3.18. The van der Waals surface area contributed by atoms with E-state index in [2.05, 4.69) is 21.5 Å². The molecular weight excluding hydrogens is 236 g/mol. The molecule has 0 bridgehead atoms. The Balaban J connectivity index is 2.15. The summed E-state index contributed by atoms with van der Waals surface area (Å²) in [6.45, 7) is 0. The zero-order valence-electron chi connectivity index (χ0n) is 10.1. The molecule has 6 heteroatoms. The summed E-state index contributed by atoms with van der Waals surface area (Å²) < 4.78 is 5.24. The summed E-state index contributed by atoms with van der Waals surface area (Å²) in [5, 5.41) is 4.06. The summed E-state index contributed by atoms with van der Waals surface area (Å²) in [6, 6.07) is 0.438. The number of nitrogen functional groups attached to an aromatic ring is 1. The molecule has 1 heterocycles. The van der Waals surface area contributed by atoms with E-state index < -0.39 is 0 Å². The molecule has 1 fully saturated rings. The van der Waals surface area contributed by atoms with E-state index in [1.165, 1.54) is 25.6 Å². The lowest BCUT2D eigenvalue weighted by Gasteiger charge is -2.21. The molecule has 1 aliphatic rings. The number of methoxy groups -OCH3 is 1. The van der Waals surface area contributed by atoms with Gasteiger partial charge in [0.2, 0.25) is 5.75 Å². The van der Waals surface area contributed by atoms with Crippen molar-refractivity contribution in [2.45, 2.75) is 30.6 Å². The number of nitrogens with one attached hydrogen (secondary N) is 1. The van der Waals surface area contributed by atoms with Gasteiger partial charge in [0.1, 0.15) is 6.33 Å². The van der Waals surface area contributed by atoms with Crippen molar-refractivity contribution in [1.82, 2.24) is 9.97 Å². The maximum absolute atomic E-state index is 5.75. The summed E-state index contributed by atoms with van der Waals surface area (Å²) in [5.41, 5.74) is 5.75. The molecule has 0 aliphatic heterocycles. The second kappa shape index (κ2) is 5.44. The second-order valence-corrected chi connectivity index (χ2v) is 5.17. The van der Waals surface area contributed by atoms with Crippen molar-refractivity contribution < 1.29 is 4.74 Å². The molecule has 17 heavy (non-hydrogen) atoms. The third-order valence-corrected chi connectivity index (χ3v) is 4.28. The predicted octanol–water partition coefficient (Wildman–Crippen LogP) is 1.76. The van der Waals surface area contributed by atoms with Crippen LogP contribution in [-0.2, 0) is 0 Å².